The summed E-state index contributed by atoms with van der Waals surface area (Å²) in [4.78, 5) is 2.21. The second kappa shape index (κ2) is 6.25. The summed E-state index contributed by atoms with van der Waals surface area (Å²) in [5.41, 5.74) is 7.43. The van der Waals surface area contributed by atoms with E-state index in [2.05, 4.69) is 26.0 Å². The van der Waals surface area contributed by atoms with Gasteiger partial charge in [0.05, 0.1) is 0 Å². The van der Waals surface area contributed by atoms with Gasteiger partial charge >= 0.3 is 0 Å². The molecule has 1 heterocycles. The summed E-state index contributed by atoms with van der Waals surface area (Å²) in [7, 11) is 0. The minimum Gasteiger partial charge on any atom is -0.409 e. The van der Waals surface area contributed by atoms with E-state index in [1.807, 2.05) is 18.2 Å². The van der Waals surface area contributed by atoms with Crippen LogP contribution in [0.25, 0.3) is 0 Å². The molecule has 1 fully saturated rings. The van der Waals surface area contributed by atoms with E-state index in [-0.39, 0.29) is 12.4 Å². The predicted molar refractivity (Wildman–Crippen MR) is 78.7 cm³/mol. The second-order valence-corrected chi connectivity index (χ2v) is 5.68. The van der Waals surface area contributed by atoms with Crippen LogP contribution in [0.3, 0.4) is 0 Å². The first-order valence-corrected chi connectivity index (χ1v) is 7.08. The summed E-state index contributed by atoms with van der Waals surface area (Å²) < 4.78 is 0.892. The maximum absolute atomic E-state index is 9.17. The lowest BCUT2D eigenvalue weighted by Gasteiger charge is -2.34. The molecule has 0 saturated carbocycles. The van der Waals surface area contributed by atoms with Gasteiger partial charge in [0.2, 0.25) is 0 Å². The number of piperidine rings is 1. The number of aliphatic hydroxyl groups is 1. The Kier molecular flexibility index (Phi) is 4.66. The van der Waals surface area contributed by atoms with Crippen LogP contribution in [-0.4, -0.2) is 35.8 Å². The molecule has 2 rings (SSSR count). The largest absolute Gasteiger partial charge is 0.409 e. The maximum Gasteiger partial charge on any atom is 0.172 e. The van der Waals surface area contributed by atoms with Crippen molar-refractivity contribution < 1.29 is 10.3 Å². The molecule has 0 aliphatic carbocycles. The first kappa shape index (κ1) is 14.1. The molecule has 5 nitrogen and oxygen atoms in total. The highest BCUT2D eigenvalue weighted by Gasteiger charge is 2.21. The van der Waals surface area contributed by atoms with Gasteiger partial charge in [-0.25, -0.2) is 0 Å². The number of halogens is 1. The van der Waals surface area contributed by atoms with Gasteiger partial charge in [0.15, 0.2) is 5.84 Å². The lowest BCUT2D eigenvalue weighted by atomic mass is 9.97. The van der Waals surface area contributed by atoms with Crippen LogP contribution in [0.5, 0.6) is 0 Å². The Bertz CT molecular complexity index is 471. The van der Waals surface area contributed by atoms with Gasteiger partial charge in [-0.2, -0.15) is 0 Å². The molecule has 1 aromatic rings. The molecule has 0 spiro atoms. The van der Waals surface area contributed by atoms with Crippen LogP contribution in [-0.2, 0) is 0 Å². The molecule has 104 valence electrons. The van der Waals surface area contributed by atoms with Crippen molar-refractivity contribution in [2.24, 2.45) is 16.8 Å². The third kappa shape index (κ3) is 3.19. The molecule has 1 aromatic carbocycles. The highest BCUT2D eigenvalue weighted by molar-refractivity contribution is 9.10. The fourth-order valence-electron chi connectivity index (χ4n) is 2.40. The first-order chi connectivity index (χ1) is 9.15. The topological polar surface area (TPSA) is 82.1 Å². The molecule has 0 aromatic heterocycles. The van der Waals surface area contributed by atoms with Crippen molar-refractivity contribution in [3.63, 3.8) is 0 Å². The molecule has 6 heteroatoms. The zero-order chi connectivity index (χ0) is 13.8. The summed E-state index contributed by atoms with van der Waals surface area (Å²) in [5.74, 6) is 0.500. The molecule has 1 aliphatic rings. The number of oxime groups is 1. The van der Waals surface area contributed by atoms with E-state index in [9.17, 15) is 0 Å². The Morgan fingerprint density at radius 1 is 1.42 bits per heavy atom. The summed E-state index contributed by atoms with van der Waals surface area (Å²) in [6.45, 7) is 2.00. The van der Waals surface area contributed by atoms with Gasteiger partial charge in [0, 0.05) is 35.4 Å². The van der Waals surface area contributed by atoms with Crippen molar-refractivity contribution in [1.29, 1.82) is 0 Å². The Morgan fingerprint density at radius 3 is 2.68 bits per heavy atom. The highest BCUT2D eigenvalue weighted by Crippen LogP contribution is 2.28. The lowest BCUT2D eigenvalue weighted by molar-refractivity contribution is 0.203. The monoisotopic (exact) mass is 327 g/mol. The van der Waals surface area contributed by atoms with Crippen molar-refractivity contribution in [1.82, 2.24) is 0 Å². The molecular formula is C13H18BrN3O2. The normalized spacial score (nSPS) is 17.8. The fourth-order valence-corrected chi connectivity index (χ4v) is 2.76. The Balaban J connectivity index is 2.25. The van der Waals surface area contributed by atoms with Gasteiger partial charge in [-0.15, -0.1) is 0 Å². The Morgan fingerprint density at radius 2 is 2.11 bits per heavy atom. The molecule has 0 atom stereocenters. The Hall–Kier alpha value is -1.27. The molecule has 0 radical (unpaired) electrons. The van der Waals surface area contributed by atoms with Gasteiger partial charge in [-0.05, 0) is 37.0 Å². The van der Waals surface area contributed by atoms with Crippen LogP contribution in [0.2, 0.25) is 0 Å². The zero-order valence-corrected chi connectivity index (χ0v) is 12.2. The average Bonchev–Trinajstić information content (AvgIpc) is 2.46. The van der Waals surface area contributed by atoms with Crippen molar-refractivity contribution in [3.05, 3.63) is 28.2 Å². The molecule has 19 heavy (non-hydrogen) atoms. The summed E-state index contributed by atoms with van der Waals surface area (Å²) in [6.07, 6.45) is 1.92. The molecule has 1 aliphatic heterocycles. The van der Waals surface area contributed by atoms with Crippen LogP contribution in [0.4, 0.5) is 5.69 Å². The fraction of sp³-hybridized carbons (Fsp3) is 0.462. The number of nitrogens with zero attached hydrogens (tertiary/aromatic N) is 2. The second-order valence-electron chi connectivity index (χ2n) is 4.76. The van der Waals surface area contributed by atoms with Crippen LogP contribution in [0, 0.1) is 5.92 Å². The van der Waals surface area contributed by atoms with E-state index in [0.29, 0.717) is 5.92 Å². The van der Waals surface area contributed by atoms with Crippen LogP contribution < -0.4 is 10.6 Å². The van der Waals surface area contributed by atoms with E-state index in [0.717, 1.165) is 41.7 Å². The zero-order valence-electron chi connectivity index (χ0n) is 10.6. The summed E-state index contributed by atoms with van der Waals surface area (Å²) in [5, 5.41) is 21.1. The molecule has 0 bridgehead atoms. The lowest BCUT2D eigenvalue weighted by Crippen LogP contribution is -2.36. The average molecular weight is 328 g/mol. The van der Waals surface area contributed by atoms with E-state index in [1.54, 1.807) is 0 Å². The number of anilines is 1. The number of rotatable bonds is 3. The van der Waals surface area contributed by atoms with Gasteiger partial charge in [0.1, 0.15) is 0 Å². The molecule has 4 N–H and O–H groups in total. The number of benzene rings is 1. The van der Waals surface area contributed by atoms with E-state index < -0.39 is 0 Å². The van der Waals surface area contributed by atoms with Gasteiger partial charge < -0.3 is 20.9 Å². The van der Waals surface area contributed by atoms with E-state index in [1.165, 1.54) is 0 Å². The Labute approximate surface area is 120 Å². The molecule has 0 amide bonds. The van der Waals surface area contributed by atoms with E-state index in [4.69, 9.17) is 16.0 Å². The molecular weight excluding hydrogens is 310 g/mol. The third-order valence-electron chi connectivity index (χ3n) is 3.56. The number of hydrogen-bond acceptors (Lipinski definition) is 4. The molecule has 0 unspecified atom stereocenters. The maximum atomic E-state index is 9.17. The van der Waals surface area contributed by atoms with Gasteiger partial charge in [-0.1, -0.05) is 21.1 Å². The summed E-state index contributed by atoms with van der Waals surface area (Å²) in [6, 6.07) is 5.76. The van der Waals surface area contributed by atoms with Gasteiger partial charge in [0.25, 0.3) is 0 Å². The minimum atomic E-state index is 0.112. The number of nitrogens with two attached hydrogens (primary N) is 1. The highest BCUT2D eigenvalue weighted by atomic mass is 79.9. The number of hydrogen-bond donors (Lipinski definition) is 3. The standard InChI is InChI=1S/C13H18BrN3O2/c14-10-1-2-12(11(7-10)13(15)16-19)17-5-3-9(8-18)4-6-17/h1-2,7,9,18-19H,3-6,8H2,(H2,15,16). The van der Waals surface area contributed by atoms with Gasteiger partial charge in [-0.3, -0.25) is 0 Å². The van der Waals surface area contributed by atoms with Crippen LogP contribution in [0.1, 0.15) is 18.4 Å². The number of aliphatic hydroxyl groups excluding tert-OH is 1. The van der Waals surface area contributed by atoms with Crippen molar-refractivity contribution >= 4 is 27.5 Å². The first-order valence-electron chi connectivity index (χ1n) is 6.29. The van der Waals surface area contributed by atoms with Crippen molar-refractivity contribution in [2.75, 3.05) is 24.6 Å². The minimum absolute atomic E-state index is 0.112. The van der Waals surface area contributed by atoms with Crippen molar-refractivity contribution in [3.8, 4) is 0 Å². The van der Waals surface area contributed by atoms with E-state index >= 15 is 0 Å². The predicted octanol–water partition coefficient (Wildman–Crippen LogP) is 1.75. The smallest absolute Gasteiger partial charge is 0.172 e. The van der Waals surface area contributed by atoms with Crippen LogP contribution >= 0.6 is 15.9 Å². The number of amidine groups is 1. The van der Waals surface area contributed by atoms with Crippen molar-refractivity contribution in [2.45, 2.75) is 12.8 Å². The molecule has 1 saturated heterocycles. The SMILES string of the molecule is N/C(=N/O)c1cc(Br)ccc1N1CCC(CO)CC1. The summed E-state index contributed by atoms with van der Waals surface area (Å²) >= 11 is 3.39. The quantitative estimate of drug-likeness (QED) is 0.342. The van der Waals surface area contributed by atoms with Crippen LogP contribution in [0.15, 0.2) is 27.8 Å². The third-order valence-corrected chi connectivity index (χ3v) is 4.05.